The Kier molecular flexibility index (Phi) is 10.2. The molecule has 1 aromatic carbocycles. The molecule has 7 nitrogen and oxygen atoms in total. The molecule has 0 spiro atoms. The molecule has 28 heavy (non-hydrogen) atoms. The summed E-state index contributed by atoms with van der Waals surface area (Å²) < 4.78 is 0. The van der Waals surface area contributed by atoms with Crippen LogP contribution in [-0.2, 0) is 9.59 Å². The van der Waals surface area contributed by atoms with Crippen LogP contribution in [0.15, 0.2) is 24.3 Å². The van der Waals surface area contributed by atoms with E-state index < -0.39 is 0 Å². The van der Waals surface area contributed by atoms with Crippen molar-refractivity contribution in [3.05, 3.63) is 29.8 Å². The van der Waals surface area contributed by atoms with Crippen molar-refractivity contribution < 1.29 is 14.4 Å². The Bertz CT molecular complexity index is 638. The number of nitrogens with zero attached hydrogens (tertiary/aromatic N) is 3. The summed E-state index contributed by atoms with van der Waals surface area (Å²) in [6.45, 7) is 13.8. The number of anilines is 1. The van der Waals surface area contributed by atoms with Gasteiger partial charge in [-0.15, -0.1) is 0 Å². The van der Waals surface area contributed by atoms with Gasteiger partial charge in [0.1, 0.15) is 6.54 Å². The van der Waals surface area contributed by atoms with Crippen molar-refractivity contribution in [2.45, 2.75) is 34.6 Å². The van der Waals surface area contributed by atoms with Crippen LogP contribution in [0.3, 0.4) is 0 Å². The monoisotopic (exact) mass is 390 g/mol. The highest BCUT2D eigenvalue weighted by Gasteiger charge is 2.21. The minimum absolute atomic E-state index is 0.0484. The molecule has 0 unspecified atom stereocenters. The van der Waals surface area contributed by atoms with Crippen molar-refractivity contribution >= 4 is 23.4 Å². The molecule has 0 saturated carbocycles. The molecule has 0 heterocycles. The van der Waals surface area contributed by atoms with Gasteiger partial charge in [-0.3, -0.25) is 14.4 Å². The quantitative estimate of drug-likeness (QED) is 0.629. The summed E-state index contributed by atoms with van der Waals surface area (Å²) in [5, 5.41) is 2.69. The molecule has 1 N–H and O–H groups in total. The third kappa shape index (κ3) is 7.31. The second-order valence-electron chi connectivity index (χ2n) is 6.58. The van der Waals surface area contributed by atoms with Gasteiger partial charge in [0.2, 0.25) is 11.8 Å². The average molecular weight is 391 g/mol. The maximum atomic E-state index is 13.1. The SMILES string of the molecule is CCN(CC)CCN(CC(=O)N(CC)CC)C(=O)c1ccc(NC(C)=O)cc1. The van der Waals surface area contributed by atoms with Gasteiger partial charge in [0, 0.05) is 44.4 Å². The highest BCUT2D eigenvalue weighted by Crippen LogP contribution is 2.12. The van der Waals surface area contributed by atoms with Gasteiger partial charge in [-0.05, 0) is 51.2 Å². The summed E-state index contributed by atoms with van der Waals surface area (Å²) in [6.07, 6.45) is 0. The van der Waals surface area contributed by atoms with E-state index in [0.717, 1.165) is 13.1 Å². The minimum atomic E-state index is -0.179. The lowest BCUT2D eigenvalue weighted by Crippen LogP contribution is -2.45. The molecule has 0 fully saturated rings. The zero-order chi connectivity index (χ0) is 21.1. The number of hydrogen-bond acceptors (Lipinski definition) is 4. The molecule has 0 saturated heterocycles. The molecule has 0 atom stereocenters. The zero-order valence-corrected chi connectivity index (χ0v) is 17.8. The van der Waals surface area contributed by atoms with Crippen molar-refractivity contribution in [3.8, 4) is 0 Å². The highest BCUT2D eigenvalue weighted by atomic mass is 16.2. The van der Waals surface area contributed by atoms with Crippen LogP contribution < -0.4 is 5.32 Å². The van der Waals surface area contributed by atoms with Gasteiger partial charge in [-0.2, -0.15) is 0 Å². The molecular weight excluding hydrogens is 356 g/mol. The van der Waals surface area contributed by atoms with Crippen LogP contribution in [0.4, 0.5) is 5.69 Å². The first-order valence-electron chi connectivity index (χ1n) is 10.0. The molecule has 0 bridgehead atoms. The second-order valence-corrected chi connectivity index (χ2v) is 6.58. The van der Waals surface area contributed by atoms with Gasteiger partial charge in [-0.1, -0.05) is 13.8 Å². The molecule has 0 aromatic heterocycles. The Balaban J connectivity index is 2.96. The third-order valence-corrected chi connectivity index (χ3v) is 4.76. The molecule has 156 valence electrons. The van der Waals surface area contributed by atoms with E-state index >= 15 is 0 Å². The predicted octanol–water partition coefficient (Wildman–Crippen LogP) is 2.30. The largest absolute Gasteiger partial charge is 0.342 e. The molecule has 1 rings (SSSR count). The van der Waals surface area contributed by atoms with Gasteiger partial charge >= 0.3 is 0 Å². The zero-order valence-electron chi connectivity index (χ0n) is 17.8. The van der Waals surface area contributed by atoms with E-state index in [2.05, 4.69) is 24.1 Å². The number of rotatable bonds is 11. The number of carbonyl (C=O) groups excluding carboxylic acids is 3. The van der Waals surface area contributed by atoms with E-state index in [4.69, 9.17) is 0 Å². The van der Waals surface area contributed by atoms with Crippen molar-refractivity contribution in [1.82, 2.24) is 14.7 Å². The number of amides is 3. The highest BCUT2D eigenvalue weighted by molar-refractivity contribution is 5.97. The summed E-state index contributed by atoms with van der Waals surface area (Å²) in [6, 6.07) is 6.76. The maximum absolute atomic E-state index is 13.1. The van der Waals surface area contributed by atoms with E-state index in [0.29, 0.717) is 37.4 Å². The van der Waals surface area contributed by atoms with Gasteiger partial charge in [0.05, 0.1) is 0 Å². The molecule has 0 radical (unpaired) electrons. The van der Waals surface area contributed by atoms with Crippen molar-refractivity contribution in [1.29, 1.82) is 0 Å². The fraction of sp³-hybridized carbons (Fsp3) is 0.571. The van der Waals surface area contributed by atoms with E-state index in [1.54, 1.807) is 34.1 Å². The van der Waals surface area contributed by atoms with Crippen molar-refractivity contribution in [2.75, 3.05) is 51.1 Å². The normalized spacial score (nSPS) is 10.6. The second kappa shape index (κ2) is 12.1. The lowest BCUT2D eigenvalue weighted by atomic mass is 10.1. The van der Waals surface area contributed by atoms with Crippen LogP contribution in [0.5, 0.6) is 0 Å². The fourth-order valence-corrected chi connectivity index (χ4v) is 2.98. The molecule has 0 aliphatic rings. The number of likely N-dealkylation sites (N-methyl/N-ethyl adjacent to an activating group) is 2. The first-order valence-corrected chi connectivity index (χ1v) is 10.0. The summed E-state index contributed by atoms with van der Waals surface area (Å²) in [4.78, 5) is 42.4. The first-order chi connectivity index (χ1) is 13.4. The minimum Gasteiger partial charge on any atom is -0.342 e. The van der Waals surface area contributed by atoms with E-state index in [1.165, 1.54) is 6.92 Å². The van der Waals surface area contributed by atoms with Gasteiger partial charge < -0.3 is 20.0 Å². The summed E-state index contributed by atoms with van der Waals surface area (Å²) in [5.41, 5.74) is 1.14. The van der Waals surface area contributed by atoms with Crippen molar-refractivity contribution in [3.63, 3.8) is 0 Å². The van der Waals surface area contributed by atoms with Crippen LogP contribution in [0.1, 0.15) is 45.0 Å². The number of benzene rings is 1. The van der Waals surface area contributed by atoms with E-state index in [9.17, 15) is 14.4 Å². The first kappa shape index (κ1) is 23.6. The van der Waals surface area contributed by atoms with Gasteiger partial charge in [0.15, 0.2) is 0 Å². The fourth-order valence-electron chi connectivity index (χ4n) is 2.98. The van der Waals surface area contributed by atoms with Crippen LogP contribution in [0.2, 0.25) is 0 Å². The Morgan fingerprint density at radius 1 is 0.821 bits per heavy atom. The summed E-state index contributed by atoms with van der Waals surface area (Å²) in [5.74, 6) is -0.389. The maximum Gasteiger partial charge on any atom is 0.254 e. The lowest BCUT2D eigenvalue weighted by molar-refractivity contribution is -0.131. The Labute approximate surface area is 168 Å². The van der Waals surface area contributed by atoms with Crippen LogP contribution in [0, 0.1) is 0 Å². The Morgan fingerprint density at radius 3 is 1.86 bits per heavy atom. The molecule has 7 heteroatoms. The molecule has 3 amide bonds. The van der Waals surface area contributed by atoms with Gasteiger partial charge in [-0.25, -0.2) is 0 Å². The number of carbonyl (C=O) groups is 3. The molecule has 0 aliphatic heterocycles. The predicted molar refractivity (Wildman–Crippen MR) is 112 cm³/mol. The molecular formula is C21H34N4O3. The summed E-state index contributed by atoms with van der Waals surface area (Å²) >= 11 is 0. The van der Waals surface area contributed by atoms with Crippen molar-refractivity contribution in [2.24, 2.45) is 0 Å². The third-order valence-electron chi connectivity index (χ3n) is 4.76. The van der Waals surface area contributed by atoms with Gasteiger partial charge in [0.25, 0.3) is 5.91 Å². The van der Waals surface area contributed by atoms with Crippen LogP contribution in [-0.4, -0.2) is 78.2 Å². The van der Waals surface area contributed by atoms with Crippen LogP contribution in [0.25, 0.3) is 0 Å². The Morgan fingerprint density at radius 2 is 1.39 bits per heavy atom. The Hall–Kier alpha value is -2.41. The lowest BCUT2D eigenvalue weighted by Gasteiger charge is -2.28. The molecule has 1 aromatic rings. The van der Waals surface area contributed by atoms with E-state index in [-0.39, 0.29) is 24.3 Å². The smallest absolute Gasteiger partial charge is 0.254 e. The number of nitrogens with one attached hydrogen (secondary N) is 1. The molecule has 0 aliphatic carbocycles. The topological polar surface area (TPSA) is 73.0 Å². The van der Waals surface area contributed by atoms with E-state index in [1.807, 2.05) is 13.8 Å². The van der Waals surface area contributed by atoms with Crippen LogP contribution >= 0.6 is 0 Å². The number of hydrogen-bond donors (Lipinski definition) is 1. The average Bonchev–Trinajstić information content (AvgIpc) is 2.68. The standard InChI is InChI=1S/C21H34N4O3/c1-6-23(7-2)14-15-25(16-20(27)24(8-3)9-4)21(28)18-10-12-19(13-11-18)22-17(5)26/h10-13H,6-9,14-16H2,1-5H3,(H,22,26). The summed E-state index contributed by atoms with van der Waals surface area (Å²) in [7, 11) is 0.